The first kappa shape index (κ1) is 23.3. The van der Waals surface area contributed by atoms with E-state index in [0.717, 1.165) is 36.0 Å². The molecule has 4 rings (SSSR count). The van der Waals surface area contributed by atoms with E-state index in [4.69, 9.17) is 9.26 Å². The predicted molar refractivity (Wildman–Crippen MR) is 131 cm³/mol. The third-order valence-electron chi connectivity index (χ3n) is 7.46. The number of carbonyl (C=O) groups is 1. The van der Waals surface area contributed by atoms with E-state index >= 15 is 0 Å². The third-order valence-corrected chi connectivity index (χ3v) is 7.46. The average molecular weight is 446 g/mol. The van der Waals surface area contributed by atoms with Gasteiger partial charge in [-0.05, 0) is 61.6 Å². The zero-order valence-electron chi connectivity index (χ0n) is 20.6. The Morgan fingerprint density at radius 3 is 2.39 bits per heavy atom. The van der Waals surface area contributed by atoms with Crippen molar-refractivity contribution in [2.75, 3.05) is 0 Å². The van der Waals surface area contributed by atoms with Crippen LogP contribution in [0.25, 0.3) is 11.3 Å². The number of aryl methyl sites for hydroxylation is 3. The van der Waals surface area contributed by atoms with E-state index in [1.807, 2.05) is 19.9 Å². The molecule has 3 aromatic rings. The molecule has 0 spiro atoms. The minimum absolute atomic E-state index is 0.103. The molecule has 174 valence electrons. The normalized spacial score (nSPS) is 21.1. The molecule has 1 saturated carbocycles. The van der Waals surface area contributed by atoms with Crippen LogP contribution in [0.15, 0.2) is 53.3 Å². The van der Waals surface area contributed by atoms with E-state index in [1.165, 1.54) is 17.4 Å². The molecule has 0 unspecified atom stereocenters. The topological polar surface area (TPSA) is 52.3 Å². The number of hydrogen-bond donors (Lipinski definition) is 0. The molecular formula is C29H35NO3. The molecule has 33 heavy (non-hydrogen) atoms. The summed E-state index contributed by atoms with van der Waals surface area (Å²) in [5.41, 5.74) is 6.42. The zero-order chi connectivity index (χ0) is 23.8. The van der Waals surface area contributed by atoms with Gasteiger partial charge in [0.25, 0.3) is 0 Å². The number of esters is 1. The fourth-order valence-electron chi connectivity index (χ4n) is 5.68. The largest absolute Gasteiger partial charge is 0.458 e. The Morgan fingerprint density at radius 1 is 1.06 bits per heavy atom. The number of benzene rings is 2. The lowest BCUT2D eigenvalue weighted by atomic mass is 9.64. The van der Waals surface area contributed by atoms with Crippen LogP contribution in [0.2, 0.25) is 0 Å². The van der Waals surface area contributed by atoms with Crippen LogP contribution in [0.3, 0.4) is 0 Å². The van der Waals surface area contributed by atoms with E-state index in [9.17, 15) is 4.79 Å². The van der Waals surface area contributed by atoms with Crippen molar-refractivity contribution in [2.45, 2.75) is 72.3 Å². The molecule has 2 aromatic carbocycles. The van der Waals surface area contributed by atoms with Gasteiger partial charge in [0.15, 0.2) is 0 Å². The van der Waals surface area contributed by atoms with Gasteiger partial charge in [0.1, 0.15) is 23.6 Å². The lowest BCUT2D eigenvalue weighted by Gasteiger charge is -2.43. The van der Waals surface area contributed by atoms with Gasteiger partial charge in [-0.2, -0.15) is 0 Å². The van der Waals surface area contributed by atoms with Crippen LogP contribution in [0, 0.1) is 32.6 Å². The molecule has 4 nitrogen and oxygen atoms in total. The summed E-state index contributed by atoms with van der Waals surface area (Å²) in [7, 11) is 0. The van der Waals surface area contributed by atoms with Crippen molar-refractivity contribution in [1.82, 2.24) is 5.16 Å². The predicted octanol–water partition coefficient (Wildman–Crippen LogP) is 7.21. The highest BCUT2D eigenvalue weighted by molar-refractivity contribution is 5.96. The number of aromatic nitrogens is 1. The SMILES string of the molecule is Cc1cc(C)c(-c2nocc2C(=O)O[C@@H]2C[C@H](C)CC[C@H]2C(C)(C)c2ccccc2)c(C)c1. The van der Waals surface area contributed by atoms with Crippen molar-refractivity contribution in [3.63, 3.8) is 0 Å². The van der Waals surface area contributed by atoms with Gasteiger partial charge in [-0.3, -0.25) is 0 Å². The summed E-state index contributed by atoms with van der Waals surface area (Å²) in [6.07, 6.45) is 4.33. The lowest BCUT2D eigenvalue weighted by molar-refractivity contribution is -0.0236. The van der Waals surface area contributed by atoms with Crippen molar-refractivity contribution < 1.29 is 14.1 Å². The average Bonchev–Trinajstić information content (AvgIpc) is 3.23. The fraction of sp³-hybridized carbons (Fsp3) is 0.448. The minimum Gasteiger partial charge on any atom is -0.458 e. The highest BCUT2D eigenvalue weighted by Crippen LogP contribution is 2.44. The van der Waals surface area contributed by atoms with Gasteiger partial charge in [-0.1, -0.05) is 80.4 Å². The maximum atomic E-state index is 13.5. The Kier molecular flexibility index (Phi) is 6.47. The van der Waals surface area contributed by atoms with Gasteiger partial charge in [-0.25, -0.2) is 4.79 Å². The Hall–Kier alpha value is -2.88. The summed E-state index contributed by atoms with van der Waals surface area (Å²) in [4.78, 5) is 13.5. The summed E-state index contributed by atoms with van der Waals surface area (Å²) in [6.45, 7) is 12.9. The standard InChI is InChI=1S/C29H35NO3/c1-18-12-13-24(29(5,6)22-10-8-7-9-11-22)25(16-18)33-28(31)23-17-32-30-27(23)26-20(3)14-19(2)15-21(26)4/h7-11,14-15,17-18,24-25H,12-13,16H2,1-6H3/t18-,24-,25-/m1/s1. The Bertz CT molecular complexity index is 1110. The third kappa shape index (κ3) is 4.62. The van der Waals surface area contributed by atoms with E-state index in [-0.39, 0.29) is 23.4 Å². The molecule has 1 fully saturated rings. The monoisotopic (exact) mass is 445 g/mol. The number of carbonyl (C=O) groups excluding carboxylic acids is 1. The van der Waals surface area contributed by atoms with Crippen LogP contribution < -0.4 is 0 Å². The number of rotatable bonds is 5. The second kappa shape index (κ2) is 9.17. The maximum Gasteiger partial charge on any atom is 0.344 e. The molecule has 0 aliphatic heterocycles. The molecule has 1 heterocycles. The molecular weight excluding hydrogens is 410 g/mol. The van der Waals surface area contributed by atoms with Crippen LogP contribution in [-0.2, 0) is 10.2 Å². The summed E-state index contributed by atoms with van der Waals surface area (Å²) in [5, 5.41) is 4.21. The molecule has 3 atom stereocenters. The zero-order valence-corrected chi connectivity index (χ0v) is 20.6. The van der Waals surface area contributed by atoms with E-state index in [0.29, 0.717) is 17.2 Å². The van der Waals surface area contributed by atoms with Crippen LogP contribution >= 0.6 is 0 Å². The van der Waals surface area contributed by atoms with E-state index in [1.54, 1.807) is 0 Å². The maximum absolute atomic E-state index is 13.5. The first-order valence-corrected chi connectivity index (χ1v) is 12.0. The second-order valence-corrected chi connectivity index (χ2v) is 10.4. The van der Waals surface area contributed by atoms with Gasteiger partial charge in [-0.15, -0.1) is 0 Å². The number of ether oxygens (including phenoxy) is 1. The summed E-state index contributed by atoms with van der Waals surface area (Å²) in [5.74, 6) is 0.416. The van der Waals surface area contributed by atoms with Gasteiger partial charge in [0.2, 0.25) is 0 Å². The first-order valence-electron chi connectivity index (χ1n) is 12.0. The van der Waals surface area contributed by atoms with Crippen LogP contribution in [0.1, 0.15) is 72.6 Å². The molecule has 1 aliphatic carbocycles. The van der Waals surface area contributed by atoms with Crippen molar-refractivity contribution in [3.05, 3.63) is 76.5 Å². The summed E-state index contributed by atoms with van der Waals surface area (Å²) >= 11 is 0. The quantitative estimate of drug-likeness (QED) is 0.389. The first-order chi connectivity index (χ1) is 15.7. The molecule has 0 bridgehead atoms. The number of hydrogen-bond acceptors (Lipinski definition) is 4. The molecule has 4 heteroatoms. The molecule has 0 radical (unpaired) electrons. The van der Waals surface area contributed by atoms with Gasteiger partial charge >= 0.3 is 5.97 Å². The fourth-order valence-corrected chi connectivity index (χ4v) is 5.68. The highest BCUT2D eigenvalue weighted by atomic mass is 16.5. The molecule has 0 N–H and O–H groups in total. The minimum atomic E-state index is -0.349. The van der Waals surface area contributed by atoms with Gasteiger partial charge in [0.05, 0.1) is 0 Å². The van der Waals surface area contributed by atoms with Gasteiger partial charge in [0, 0.05) is 11.5 Å². The van der Waals surface area contributed by atoms with Gasteiger partial charge < -0.3 is 9.26 Å². The van der Waals surface area contributed by atoms with Crippen molar-refractivity contribution in [2.24, 2.45) is 11.8 Å². The van der Waals surface area contributed by atoms with Crippen LogP contribution in [-0.4, -0.2) is 17.2 Å². The highest BCUT2D eigenvalue weighted by Gasteiger charge is 2.42. The van der Waals surface area contributed by atoms with Crippen molar-refractivity contribution in [1.29, 1.82) is 0 Å². The van der Waals surface area contributed by atoms with Crippen LogP contribution in [0.5, 0.6) is 0 Å². The Labute approximate surface area is 197 Å². The van der Waals surface area contributed by atoms with E-state index < -0.39 is 0 Å². The summed E-state index contributed by atoms with van der Waals surface area (Å²) in [6, 6.07) is 14.8. The smallest absolute Gasteiger partial charge is 0.344 e. The van der Waals surface area contributed by atoms with Crippen molar-refractivity contribution in [3.8, 4) is 11.3 Å². The Morgan fingerprint density at radius 2 is 1.73 bits per heavy atom. The molecule has 1 aliphatic rings. The lowest BCUT2D eigenvalue weighted by Crippen LogP contribution is -2.43. The molecule has 0 amide bonds. The number of nitrogens with zero attached hydrogens (tertiary/aromatic N) is 1. The van der Waals surface area contributed by atoms with Crippen LogP contribution in [0.4, 0.5) is 0 Å². The molecule has 0 saturated heterocycles. The second-order valence-electron chi connectivity index (χ2n) is 10.4. The van der Waals surface area contributed by atoms with Crippen molar-refractivity contribution >= 4 is 5.97 Å². The van der Waals surface area contributed by atoms with E-state index in [2.05, 4.69) is 69.2 Å². The summed E-state index contributed by atoms with van der Waals surface area (Å²) < 4.78 is 11.5. The molecule has 1 aromatic heterocycles. The Balaban J connectivity index is 1.63.